The molecule has 17 nitrogen and oxygen atoms in total. The van der Waals surface area contributed by atoms with E-state index in [2.05, 4.69) is 41.5 Å². The van der Waals surface area contributed by atoms with Crippen molar-refractivity contribution in [2.24, 2.45) is 11.8 Å². The predicted octanol–water partition coefficient (Wildman–Crippen LogP) is 23.1. The second-order valence-electron chi connectivity index (χ2n) is 28.8. The van der Waals surface area contributed by atoms with Gasteiger partial charge in [0, 0.05) is 25.7 Å². The molecular weight excluding hydrogens is 1270 g/mol. The first-order chi connectivity index (χ1) is 46.9. The number of carbonyl (C=O) groups excluding carboxylic acids is 4. The lowest BCUT2D eigenvalue weighted by Crippen LogP contribution is -2.30. The van der Waals surface area contributed by atoms with Crippen LogP contribution in [-0.4, -0.2) is 96.7 Å². The fourth-order valence-electron chi connectivity index (χ4n) is 12.0. The maximum absolute atomic E-state index is 13.1. The number of unbranched alkanes of at least 4 members (excludes halogenated alkanes) is 46. The fraction of sp³-hybridized carbons (Fsp3) is 0.949. The molecule has 97 heavy (non-hydrogen) atoms. The van der Waals surface area contributed by atoms with Gasteiger partial charge in [0.2, 0.25) is 0 Å². The number of phosphoric acid groups is 2. The molecule has 0 aliphatic rings. The zero-order valence-electron chi connectivity index (χ0n) is 63.4. The lowest BCUT2D eigenvalue weighted by Gasteiger charge is -2.21. The number of phosphoric ester groups is 2. The maximum Gasteiger partial charge on any atom is 0.472 e. The van der Waals surface area contributed by atoms with Crippen molar-refractivity contribution in [1.29, 1.82) is 0 Å². The molecule has 576 valence electrons. The summed E-state index contributed by atoms with van der Waals surface area (Å²) < 4.78 is 68.5. The van der Waals surface area contributed by atoms with Crippen molar-refractivity contribution in [3.63, 3.8) is 0 Å². The molecule has 0 saturated carbocycles. The van der Waals surface area contributed by atoms with Crippen LogP contribution in [0.15, 0.2) is 0 Å². The van der Waals surface area contributed by atoms with Gasteiger partial charge < -0.3 is 33.8 Å². The first-order valence-electron chi connectivity index (χ1n) is 40.5. The third-order valence-electron chi connectivity index (χ3n) is 18.6. The van der Waals surface area contributed by atoms with Gasteiger partial charge >= 0.3 is 39.5 Å². The van der Waals surface area contributed by atoms with Crippen molar-refractivity contribution in [2.75, 3.05) is 39.6 Å². The molecule has 0 aromatic heterocycles. The quantitative estimate of drug-likeness (QED) is 0.0222. The van der Waals surface area contributed by atoms with Crippen LogP contribution in [0, 0.1) is 11.8 Å². The summed E-state index contributed by atoms with van der Waals surface area (Å²) in [6.07, 6.45) is 58.6. The van der Waals surface area contributed by atoms with E-state index in [1.54, 1.807) is 0 Å². The molecule has 0 amide bonds. The van der Waals surface area contributed by atoms with Crippen LogP contribution in [0.3, 0.4) is 0 Å². The van der Waals surface area contributed by atoms with Gasteiger partial charge in [-0.1, -0.05) is 356 Å². The predicted molar refractivity (Wildman–Crippen MR) is 395 cm³/mol. The molecular formula is C78H152O17P2. The summed E-state index contributed by atoms with van der Waals surface area (Å²) in [6, 6.07) is 0. The van der Waals surface area contributed by atoms with Gasteiger partial charge in [0.15, 0.2) is 12.2 Å². The lowest BCUT2D eigenvalue weighted by molar-refractivity contribution is -0.161. The normalized spacial score (nSPS) is 14.2. The molecule has 0 rings (SSSR count). The Bertz CT molecular complexity index is 1870. The van der Waals surface area contributed by atoms with Gasteiger partial charge in [0.25, 0.3) is 0 Å². The van der Waals surface area contributed by atoms with E-state index < -0.39 is 97.5 Å². The average molecular weight is 1420 g/mol. The van der Waals surface area contributed by atoms with Gasteiger partial charge in [-0.15, -0.1) is 0 Å². The molecule has 0 aromatic rings. The molecule has 0 spiro atoms. The summed E-state index contributed by atoms with van der Waals surface area (Å²) in [7, 11) is -9.91. The largest absolute Gasteiger partial charge is 0.472 e. The standard InChI is InChI=1S/C78H152O17P2/c1-7-10-12-14-16-18-19-20-21-22-23-24-25-30-33-36-39-43-50-56-62-77(82)94-73(66-89-76(81)61-55-49-42-38-35-32-29-27-26-28-31-34-37-40-46-52-58-70(4)5)68-92-96(84,85)90-64-72(79)65-91-97(86,87)93-69-74(67-88-75(80)60-54-48-41-17-15-13-11-8-2)95-78(83)63-57-51-45-44-47-53-59-71(6)9-3/h70-74,79H,7-69H2,1-6H3,(H,84,85)(H,86,87)/t71?,72-,73-,74-/m1/s1. The highest BCUT2D eigenvalue weighted by Gasteiger charge is 2.30. The molecule has 0 aliphatic carbocycles. The molecule has 0 radical (unpaired) electrons. The Labute approximate surface area is 594 Å². The molecule has 0 aliphatic heterocycles. The number of esters is 4. The Balaban J connectivity index is 5.17. The zero-order chi connectivity index (χ0) is 71.4. The van der Waals surface area contributed by atoms with E-state index in [-0.39, 0.29) is 25.7 Å². The number of aliphatic hydroxyl groups is 1. The molecule has 6 atom stereocenters. The van der Waals surface area contributed by atoms with E-state index in [0.29, 0.717) is 25.7 Å². The number of hydrogen-bond donors (Lipinski definition) is 3. The number of carbonyl (C=O) groups is 4. The van der Waals surface area contributed by atoms with Crippen molar-refractivity contribution in [1.82, 2.24) is 0 Å². The van der Waals surface area contributed by atoms with Gasteiger partial charge in [-0.2, -0.15) is 0 Å². The molecule has 0 bridgehead atoms. The van der Waals surface area contributed by atoms with Crippen molar-refractivity contribution in [2.45, 2.75) is 426 Å². The number of ether oxygens (including phenoxy) is 4. The Morgan fingerprint density at radius 1 is 0.299 bits per heavy atom. The minimum absolute atomic E-state index is 0.103. The number of hydrogen-bond acceptors (Lipinski definition) is 15. The molecule has 0 saturated heterocycles. The average Bonchev–Trinajstić information content (AvgIpc) is 1.27. The number of aliphatic hydroxyl groups excluding tert-OH is 1. The Morgan fingerprint density at radius 3 is 0.784 bits per heavy atom. The van der Waals surface area contributed by atoms with E-state index in [1.165, 1.54) is 218 Å². The van der Waals surface area contributed by atoms with Gasteiger partial charge in [-0.25, -0.2) is 9.13 Å². The Hall–Kier alpha value is -1.94. The second kappa shape index (κ2) is 69.8. The van der Waals surface area contributed by atoms with Crippen molar-refractivity contribution >= 4 is 39.5 Å². The van der Waals surface area contributed by atoms with Crippen LogP contribution in [0.25, 0.3) is 0 Å². The SMILES string of the molecule is CCCCCCCCCCCCCCCCCCCCCCC(=O)O[C@H](COC(=O)CCCCCCCCCCCCCCCCCCC(C)C)COP(=O)(O)OC[C@@H](O)COP(=O)(O)OC[C@@H](COC(=O)CCCCCCCCCC)OC(=O)CCCCCCCCC(C)CC. The van der Waals surface area contributed by atoms with Gasteiger partial charge in [0.05, 0.1) is 26.4 Å². The summed E-state index contributed by atoms with van der Waals surface area (Å²) in [5.74, 6) is -0.586. The molecule has 3 unspecified atom stereocenters. The minimum Gasteiger partial charge on any atom is -0.462 e. The second-order valence-corrected chi connectivity index (χ2v) is 31.7. The van der Waals surface area contributed by atoms with Crippen molar-refractivity contribution < 1.29 is 80.2 Å². The third kappa shape index (κ3) is 70.9. The first-order valence-corrected chi connectivity index (χ1v) is 43.5. The lowest BCUT2D eigenvalue weighted by atomic mass is 10.00. The van der Waals surface area contributed by atoms with E-state index in [4.69, 9.17) is 37.0 Å². The van der Waals surface area contributed by atoms with Crippen LogP contribution < -0.4 is 0 Å². The highest BCUT2D eigenvalue weighted by molar-refractivity contribution is 7.47. The molecule has 0 heterocycles. The van der Waals surface area contributed by atoms with Crippen molar-refractivity contribution in [3.05, 3.63) is 0 Å². The van der Waals surface area contributed by atoms with Gasteiger partial charge in [0.1, 0.15) is 19.3 Å². The van der Waals surface area contributed by atoms with E-state index in [1.807, 2.05) is 0 Å². The minimum atomic E-state index is -4.96. The van der Waals surface area contributed by atoms with Crippen LogP contribution >= 0.6 is 15.6 Å². The smallest absolute Gasteiger partial charge is 0.462 e. The summed E-state index contributed by atoms with van der Waals surface area (Å²) in [5, 5.41) is 10.6. The summed E-state index contributed by atoms with van der Waals surface area (Å²) in [6.45, 7) is 9.56. The van der Waals surface area contributed by atoms with Crippen LogP contribution in [-0.2, 0) is 65.4 Å². The van der Waals surface area contributed by atoms with Gasteiger partial charge in [-0.05, 0) is 37.5 Å². The molecule has 0 fully saturated rings. The highest BCUT2D eigenvalue weighted by atomic mass is 31.2. The monoisotopic (exact) mass is 1420 g/mol. The van der Waals surface area contributed by atoms with Crippen LogP contribution in [0.5, 0.6) is 0 Å². The summed E-state index contributed by atoms with van der Waals surface area (Å²) >= 11 is 0. The molecule has 3 N–H and O–H groups in total. The van der Waals surface area contributed by atoms with E-state index in [9.17, 15) is 43.2 Å². The van der Waals surface area contributed by atoms with E-state index >= 15 is 0 Å². The first kappa shape index (κ1) is 95.1. The Kier molecular flexibility index (Phi) is 68.4. The molecule has 0 aromatic carbocycles. The van der Waals surface area contributed by atoms with Gasteiger partial charge in [-0.3, -0.25) is 37.3 Å². The fourth-order valence-corrected chi connectivity index (χ4v) is 13.6. The zero-order valence-corrected chi connectivity index (χ0v) is 65.2. The van der Waals surface area contributed by atoms with E-state index in [0.717, 1.165) is 108 Å². The highest BCUT2D eigenvalue weighted by Crippen LogP contribution is 2.45. The Morgan fingerprint density at radius 2 is 0.526 bits per heavy atom. The van der Waals surface area contributed by atoms with Crippen LogP contribution in [0.1, 0.15) is 408 Å². The summed E-state index contributed by atoms with van der Waals surface area (Å²) in [5.41, 5.74) is 0. The van der Waals surface area contributed by atoms with Crippen molar-refractivity contribution in [3.8, 4) is 0 Å². The summed E-state index contributed by atoms with van der Waals surface area (Å²) in [4.78, 5) is 72.7. The topological polar surface area (TPSA) is 237 Å². The van der Waals surface area contributed by atoms with Crippen LogP contribution in [0.4, 0.5) is 0 Å². The maximum atomic E-state index is 13.1. The third-order valence-corrected chi connectivity index (χ3v) is 20.5. The van der Waals surface area contributed by atoms with Crippen LogP contribution in [0.2, 0.25) is 0 Å². The molecule has 19 heteroatoms. The number of rotatable bonds is 77.